The Labute approximate surface area is 201 Å². The summed E-state index contributed by atoms with van der Waals surface area (Å²) in [7, 11) is 0. The molecule has 4 aromatic carbocycles. The molecule has 0 aliphatic carbocycles. The van der Waals surface area contributed by atoms with Crippen molar-refractivity contribution in [1.29, 1.82) is 0 Å². The number of aromatic amines is 2. The van der Waals surface area contributed by atoms with Gasteiger partial charge < -0.3 is 9.97 Å². The second-order valence-corrected chi connectivity index (χ2v) is 10.4. The van der Waals surface area contributed by atoms with E-state index in [1.165, 1.54) is 93.7 Å². The van der Waals surface area contributed by atoms with Gasteiger partial charge in [0.2, 0.25) is 0 Å². The lowest BCUT2D eigenvalue weighted by atomic mass is 9.92. The summed E-state index contributed by atoms with van der Waals surface area (Å²) in [5.41, 5.74) is 17.2. The number of hydrogen-bond acceptors (Lipinski definition) is 0. The van der Waals surface area contributed by atoms with Gasteiger partial charge in [-0.05, 0) is 129 Å². The first-order valence-electron chi connectivity index (χ1n) is 12.3. The number of hydrogen-bond donors (Lipinski definition) is 2. The highest BCUT2D eigenvalue weighted by molar-refractivity contribution is 6.12. The number of aryl methyl sites for hydroxylation is 7. The predicted octanol–water partition coefficient (Wildman–Crippen LogP) is 8.71. The van der Waals surface area contributed by atoms with Gasteiger partial charge in [-0.2, -0.15) is 0 Å². The van der Waals surface area contributed by atoms with E-state index >= 15 is 0 Å². The molecule has 0 saturated carbocycles. The van der Waals surface area contributed by atoms with Crippen LogP contribution in [0.4, 0.5) is 0 Å². The minimum atomic E-state index is 0.936. The summed E-state index contributed by atoms with van der Waals surface area (Å²) in [6, 6.07) is 16.2. The van der Waals surface area contributed by atoms with Crippen molar-refractivity contribution in [3.63, 3.8) is 0 Å². The fourth-order valence-electron chi connectivity index (χ4n) is 5.83. The smallest absolute Gasteiger partial charge is 0.0500 e. The lowest BCUT2D eigenvalue weighted by molar-refractivity contribution is 1.13. The first kappa shape index (κ1) is 21.0. The first-order valence-corrected chi connectivity index (χ1v) is 12.3. The topological polar surface area (TPSA) is 31.6 Å². The summed E-state index contributed by atoms with van der Waals surface area (Å²) >= 11 is 0. The molecule has 170 valence electrons. The van der Waals surface area contributed by atoms with E-state index in [4.69, 9.17) is 0 Å². The van der Waals surface area contributed by atoms with Crippen LogP contribution in [-0.4, -0.2) is 9.97 Å². The van der Waals surface area contributed by atoms with Gasteiger partial charge in [-0.3, -0.25) is 0 Å². The summed E-state index contributed by atoms with van der Waals surface area (Å²) in [4.78, 5) is 7.47. The number of nitrogens with one attached hydrogen (secondary N) is 2. The van der Waals surface area contributed by atoms with Crippen molar-refractivity contribution in [3.05, 3.63) is 92.5 Å². The van der Waals surface area contributed by atoms with Crippen LogP contribution in [-0.2, 0) is 6.42 Å². The summed E-state index contributed by atoms with van der Waals surface area (Å²) in [5.74, 6) is 0. The highest BCUT2D eigenvalue weighted by atomic mass is 14.7. The molecule has 6 rings (SSSR count). The van der Waals surface area contributed by atoms with Gasteiger partial charge in [0, 0.05) is 43.6 Å². The second-order valence-electron chi connectivity index (χ2n) is 10.4. The van der Waals surface area contributed by atoms with Crippen molar-refractivity contribution in [3.8, 4) is 0 Å². The third-order valence-electron chi connectivity index (χ3n) is 8.06. The Kier molecular flexibility index (Phi) is 4.48. The van der Waals surface area contributed by atoms with E-state index in [0.29, 0.717) is 0 Å². The van der Waals surface area contributed by atoms with Crippen LogP contribution in [0.5, 0.6) is 0 Å². The van der Waals surface area contributed by atoms with Crippen LogP contribution in [0.15, 0.2) is 42.5 Å². The van der Waals surface area contributed by atoms with E-state index in [9.17, 15) is 0 Å². The largest absolute Gasteiger partial charge is 0.354 e. The van der Waals surface area contributed by atoms with Gasteiger partial charge in [-0.25, -0.2) is 0 Å². The van der Waals surface area contributed by atoms with E-state index in [1.54, 1.807) is 0 Å². The third kappa shape index (κ3) is 2.94. The molecule has 2 heteroatoms. The van der Waals surface area contributed by atoms with E-state index in [0.717, 1.165) is 6.42 Å². The van der Waals surface area contributed by atoms with Crippen molar-refractivity contribution in [1.82, 2.24) is 9.97 Å². The summed E-state index contributed by atoms with van der Waals surface area (Å²) in [6.07, 6.45) is 0.936. The van der Waals surface area contributed by atoms with Gasteiger partial charge in [0.15, 0.2) is 0 Å². The second kappa shape index (κ2) is 7.24. The molecular weight excluding hydrogens is 412 g/mol. The molecule has 2 nitrogen and oxygen atoms in total. The number of rotatable bonds is 2. The maximum Gasteiger partial charge on any atom is 0.0500 e. The molecule has 0 unspecified atom stereocenters. The van der Waals surface area contributed by atoms with Gasteiger partial charge in [0.1, 0.15) is 0 Å². The Morgan fingerprint density at radius 1 is 0.500 bits per heavy atom. The maximum atomic E-state index is 3.79. The molecule has 6 aromatic rings. The van der Waals surface area contributed by atoms with Crippen molar-refractivity contribution in [2.45, 2.75) is 54.9 Å². The molecule has 2 aromatic heterocycles. The van der Waals surface area contributed by atoms with Crippen molar-refractivity contribution in [2.75, 3.05) is 0 Å². The molecule has 2 N–H and O–H groups in total. The molecule has 0 aliphatic rings. The number of benzene rings is 4. The third-order valence-corrected chi connectivity index (χ3v) is 8.06. The molecule has 0 fully saturated rings. The minimum Gasteiger partial charge on any atom is -0.354 e. The van der Waals surface area contributed by atoms with Gasteiger partial charge in [-0.1, -0.05) is 18.2 Å². The number of fused-ring (bicyclic) bond motifs is 6. The molecule has 34 heavy (non-hydrogen) atoms. The quantitative estimate of drug-likeness (QED) is 0.268. The molecule has 2 heterocycles. The van der Waals surface area contributed by atoms with Gasteiger partial charge in [0.05, 0.1) is 0 Å². The van der Waals surface area contributed by atoms with Gasteiger partial charge in [0.25, 0.3) is 0 Å². The molecule has 0 spiro atoms. The maximum absolute atomic E-state index is 3.79. The van der Waals surface area contributed by atoms with Gasteiger partial charge in [-0.15, -0.1) is 0 Å². The van der Waals surface area contributed by atoms with E-state index in [2.05, 4.69) is 101 Å². The normalized spacial score (nSPS) is 12.1. The average molecular weight is 445 g/mol. The van der Waals surface area contributed by atoms with E-state index < -0.39 is 0 Å². The summed E-state index contributed by atoms with van der Waals surface area (Å²) in [6.45, 7) is 15.6. The SMILES string of the molecule is Cc1cc2[nH]c3cc(Cc4cc(C)c5c([nH]c6c(C)ccc(C)c65)c4C)c(C)cc3c2cc1C. The molecule has 0 radical (unpaired) electrons. The zero-order chi connectivity index (χ0) is 23.9. The molecular formula is C32H32N2. The van der Waals surface area contributed by atoms with Gasteiger partial charge >= 0.3 is 0 Å². The molecule has 0 atom stereocenters. The zero-order valence-electron chi connectivity index (χ0n) is 21.2. The Balaban J connectivity index is 1.52. The van der Waals surface area contributed by atoms with Crippen LogP contribution in [0.2, 0.25) is 0 Å². The summed E-state index contributed by atoms with van der Waals surface area (Å²) in [5, 5.41) is 5.41. The van der Waals surface area contributed by atoms with Crippen LogP contribution in [0, 0.1) is 48.5 Å². The fraction of sp³-hybridized carbons (Fsp3) is 0.250. The molecule has 0 amide bonds. The number of H-pyrrole nitrogens is 2. The van der Waals surface area contributed by atoms with Crippen LogP contribution in [0.25, 0.3) is 43.6 Å². The Morgan fingerprint density at radius 3 is 1.88 bits per heavy atom. The van der Waals surface area contributed by atoms with E-state index in [1.807, 2.05) is 0 Å². The van der Waals surface area contributed by atoms with Crippen molar-refractivity contribution in [2.24, 2.45) is 0 Å². The minimum absolute atomic E-state index is 0.936. The first-order chi connectivity index (χ1) is 16.2. The zero-order valence-corrected chi connectivity index (χ0v) is 21.2. The molecule has 0 saturated heterocycles. The van der Waals surface area contributed by atoms with Crippen LogP contribution >= 0.6 is 0 Å². The highest BCUT2D eigenvalue weighted by Crippen LogP contribution is 2.37. The average Bonchev–Trinajstić information content (AvgIpc) is 3.35. The highest BCUT2D eigenvalue weighted by Gasteiger charge is 2.17. The molecule has 0 aliphatic heterocycles. The lowest BCUT2D eigenvalue weighted by Crippen LogP contribution is -1.97. The summed E-state index contributed by atoms with van der Waals surface area (Å²) < 4.78 is 0. The van der Waals surface area contributed by atoms with E-state index in [-0.39, 0.29) is 0 Å². The fourth-order valence-corrected chi connectivity index (χ4v) is 5.83. The molecule has 0 bridgehead atoms. The standard InChI is InChI=1S/C32H32N2/c1-16-8-9-17(2)31-29(16)30-21(6)10-24(22(7)32(30)34-31)14-23-15-28-26(12-20(23)5)25-11-18(3)19(4)13-27(25)33-28/h8-13,15,33-34H,14H2,1-7H3. The monoisotopic (exact) mass is 444 g/mol. The predicted molar refractivity (Wildman–Crippen MR) is 148 cm³/mol. The Morgan fingerprint density at radius 2 is 1.12 bits per heavy atom. The lowest BCUT2D eigenvalue weighted by Gasteiger charge is -2.13. The Hall–Kier alpha value is -3.52. The van der Waals surface area contributed by atoms with Crippen LogP contribution < -0.4 is 0 Å². The van der Waals surface area contributed by atoms with Crippen molar-refractivity contribution < 1.29 is 0 Å². The van der Waals surface area contributed by atoms with Crippen molar-refractivity contribution >= 4 is 43.6 Å². The van der Waals surface area contributed by atoms with Crippen LogP contribution in [0.3, 0.4) is 0 Å². The Bertz CT molecular complexity index is 1790. The van der Waals surface area contributed by atoms with Crippen LogP contribution in [0.1, 0.15) is 50.1 Å². The number of aromatic nitrogens is 2.